The topological polar surface area (TPSA) is 8.17 Å². The molecule has 0 amide bonds. The summed E-state index contributed by atoms with van der Waals surface area (Å²) in [4.78, 5) is 2.43. The van der Waals surface area contributed by atoms with Crippen molar-refractivity contribution < 1.29 is 0 Å². The lowest BCUT2D eigenvalue weighted by atomic mass is 9.94. The molecule has 0 N–H and O–H groups in total. The molecule has 0 radical (unpaired) electrons. The van der Waals surface area contributed by atoms with Crippen LogP contribution < -0.4 is 4.90 Å². The molecule has 0 saturated carbocycles. The molecule has 0 bridgehead atoms. The van der Waals surface area contributed by atoms with Gasteiger partial charge in [-0.1, -0.05) is 194 Å². The third-order valence-corrected chi connectivity index (χ3v) is 13.7. The van der Waals surface area contributed by atoms with Crippen LogP contribution in [0.4, 0.5) is 17.1 Å². The van der Waals surface area contributed by atoms with E-state index in [1.807, 2.05) is 0 Å². The molecule has 0 saturated heterocycles. The molecule has 0 unspecified atom stereocenters. The van der Waals surface area contributed by atoms with Gasteiger partial charge in [-0.2, -0.15) is 0 Å². The molecule has 0 fully saturated rings. The van der Waals surface area contributed by atoms with Crippen molar-refractivity contribution in [2.24, 2.45) is 0 Å². The monoisotopic (exact) mass is 864 g/mol. The maximum atomic E-state index is 2.45. The fourth-order valence-electron chi connectivity index (χ4n) is 10.5. The van der Waals surface area contributed by atoms with Crippen molar-refractivity contribution >= 4 is 71.2 Å². The molecule has 13 rings (SSSR count). The highest BCUT2D eigenvalue weighted by Crippen LogP contribution is 2.46. The Morgan fingerprint density at radius 1 is 0.265 bits per heavy atom. The van der Waals surface area contributed by atoms with Crippen LogP contribution in [-0.2, 0) is 0 Å². The Hall–Kier alpha value is -8.98. The van der Waals surface area contributed by atoms with E-state index in [1.165, 1.54) is 81.9 Å². The molecule has 1 heterocycles. The summed E-state index contributed by atoms with van der Waals surface area (Å²) in [6, 6.07) is 97.6. The van der Waals surface area contributed by atoms with E-state index >= 15 is 0 Å². The molecule has 2 nitrogen and oxygen atoms in total. The minimum atomic E-state index is 1.07. The van der Waals surface area contributed by atoms with E-state index in [-0.39, 0.29) is 0 Å². The first kappa shape index (κ1) is 39.4. The summed E-state index contributed by atoms with van der Waals surface area (Å²) in [7, 11) is 0. The van der Waals surface area contributed by atoms with Gasteiger partial charge in [0, 0.05) is 38.9 Å². The minimum absolute atomic E-state index is 1.07. The molecule has 13 aromatic rings. The van der Waals surface area contributed by atoms with Crippen molar-refractivity contribution in [2.45, 2.75) is 0 Å². The van der Waals surface area contributed by atoms with Crippen molar-refractivity contribution in [1.29, 1.82) is 0 Å². The van der Waals surface area contributed by atoms with E-state index in [9.17, 15) is 0 Å². The zero-order chi connectivity index (χ0) is 45.0. The lowest BCUT2D eigenvalue weighted by Gasteiger charge is -2.28. The molecule has 318 valence electrons. The SMILES string of the molecule is c1ccc(-c2cc(-c3ccccc3)cc(N(c3ccc(-c4ccc5c(ccc6ccccc65)c4)cc3)c3cccc(-c4cc5ccccc5c5c4c4ccccc4n5-c4ccccc4)c3)c2)cc1. The predicted octanol–water partition coefficient (Wildman–Crippen LogP) is 18.4. The Labute approximate surface area is 395 Å². The van der Waals surface area contributed by atoms with E-state index in [4.69, 9.17) is 0 Å². The zero-order valence-electron chi connectivity index (χ0n) is 37.3. The second kappa shape index (κ2) is 16.5. The maximum absolute atomic E-state index is 2.45. The van der Waals surface area contributed by atoms with Gasteiger partial charge in [-0.3, -0.25) is 0 Å². The molecule has 1 aromatic heterocycles. The fraction of sp³-hybridized carbons (Fsp3) is 0. The van der Waals surface area contributed by atoms with Crippen LogP contribution in [-0.4, -0.2) is 4.57 Å². The number of benzene rings is 12. The largest absolute Gasteiger partial charge is 0.310 e. The van der Waals surface area contributed by atoms with Gasteiger partial charge in [0.1, 0.15) is 0 Å². The van der Waals surface area contributed by atoms with E-state index in [1.54, 1.807) is 0 Å². The molecule has 0 spiro atoms. The average Bonchev–Trinajstić information content (AvgIpc) is 3.77. The van der Waals surface area contributed by atoms with Crippen LogP contribution in [0, 0.1) is 0 Å². The Morgan fingerprint density at radius 3 is 1.53 bits per heavy atom. The lowest BCUT2D eigenvalue weighted by molar-refractivity contribution is 1.19. The quantitative estimate of drug-likeness (QED) is 0.138. The van der Waals surface area contributed by atoms with E-state index in [2.05, 4.69) is 276 Å². The van der Waals surface area contributed by atoms with E-state index in [0.717, 1.165) is 39.4 Å². The van der Waals surface area contributed by atoms with E-state index < -0.39 is 0 Å². The first-order valence-corrected chi connectivity index (χ1v) is 23.4. The van der Waals surface area contributed by atoms with Crippen molar-refractivity contribution in [3.8, 4) is 50.2 Å². The molecular formula is C66H44N2. The standard InChI is InChI=1S/C66H44N2/c1-4-17-45(18-5-1)53-40-54(46-19-6-2-7-20-46)43-58(42-53)67(56-36-33-47(34-37-56)49-35-38-60-52(39-49)32-31-48-21-10-12-27-59(48)60)57-26-16-23-50(41-57)63-44-51-22-11-13-28-61(51)66-65(63)62-29-14-15-30-64(62)68(66)55-24-8-3-9-25-55/h1-44H. The third kappa shape index (κ3) is 6.82. The Kier molecular flexibility index (Phi) is 9.54. The van der Waals surface area contributed by atoms with Gasteiger partial charge in [-0.05, 0) is 144 Å². The minimum Gasteiger partial charge on any atom is -0.310 e. The highest BCUT2D eigenvalue weighted by Gasteiger charge is 2.22. The molecule has 0 atom stereocenters. The Morgan fingerprint density at radius 2 is 0.794 bits per heavy atom. The second-order valence-electron chi connectivity index (χ2n) is 17.7. The molecular weight excluding hydrogens is 821 g/mol. The van der Waals surface area contributed by atoms with Gasteiger partial charge in [0.05, 0.1) is 11.0 Å². The first-order chi connectivity index (χ1) is 33.7. The lowest BCUT2D eigenvalue weighted by Crippen LogP contribution is -2.10. The zero-order valence-corrected chi connectivity index (χ0v) is 37.3. The van der Waals surface area contributed by atoms with Gasteiger partial charge >= 0.3 is 0 Å². The molecule has 12 aromatic carbocycles. The highest BCUT2D eigenvalue weighted by molar-refractivity contribution is 6.24. The number of fused-ring (bicyclic) bond motifs is 8. The summed E-state index contributed by atoms with van der Waals surface area (Å²) >= 11 is 0. The smallest absolute Gasteiger partial charge is 0.0625 e. The van der Waals surface area contributed by atoms with Crippen LogP contribution in [0.25, 0.3) is 104 Å². The van der Waals surface area contributed by atoms with Crippen LogP contribution in [0.2, 0.25) is 0 Å². The van der Waals surface area contributed by atoms with Gasteiger partial charge in [0.25, 0.3) is 0 Å². The first-order valence-electron chi connectivity index (χ1n) is 23.4. The number of nitrogens with zero attached hydrogens (tertiary/aromatic N) is 2. The number of para-hydroxylation sites is 2. The molecule has 0 aliphatic heterocycles. The van der Waals surface area contributed by atoms with Crippen LogP contribution in [0.3, 0.4) is 0 Å². The van der Waals surface area contributed by atoms with Crippen LogP contribution in [0.5, 0.6) is 0 Å². The highest BCUT2D eigenvalue weighted by atomic mass is 15.1. The maximum Gasteiger partial charge on any atom is 0.0625 e. The summed E-state index contributed by atoms with van der Waals surface area (Å²) in [6.07, 6.45) is 0. The second-order valence-corrected chi connectivity index (χ2v) is 17.7. The van der Waals surface area contributed by atoms with Crippen molar-refractivity contribution in [3.05, 3.63) is 267 Å². The van der Waals surface area contributed by atoms with Crippen molar-refractivity contribution in [2.75, 3.05) is 4.90 Å². The third-order valence-electron chi connectivity index (χ3n) is 13.7. The number of aromatic nitrogens is 1. The number of hydrogen-bond donors (Lipinski definition) is 0. The predicted molar refractivity (Wildman–Crippen MR) is 290 cm³/mol. The van der Waals surface area contributed by atoms with Crippen LogP contribution in [0.15, 0.2) is 267 Å². The summed E-state index contributed by atoms with van der Waals surface area (Å²) in [5.74, 6) is 0. The van der Waals surface area contributed by atoms with Crippen molar-refractivity contribution in [3.63, 3.8) is 0 Å². The average molecular weight is 865 g/mol. The normalized spacial score (nSPS) is 11.5. The van der Waals surface area contributed by atoms with Gasteiger partial charge in [-0.25, -0.2) is 0 Å². The van der Waals surface area contributed by atoms with E-state index in [0.29, 0.717) is 0 Å². The Balaban J connectivity index is 1.02. The summed E-state index contributed by atoms with van der Waals surface area (Å²) in [5.41, 5.74) is 16.2. The molecule has 0 aliphatic carbocycles. The van der Waals surface area contributed by atoms with Crippen molar-refractivity contribution in [1.82, 2.24) is 4.57 Å². The number of hydrogen-bond acceptors (Lipinski definition) is 1. The Bertz CT molecular complexity index is 3940. The van der Waals surface area contributed by atoms with Gasteiger partial charge in [0.2, 0.25) is 0 Å². The van der Waals surface area contributed by atoms with Gasteiger partial charge in [0.15, 0.2) is 0 Å². The molecule has 68 heavy (non-hydrogen) atoms. The van der Waals surface area contributed by atoms with Gasteiger partial charge < -0.3 is 9.47 Å². The van der Waals surface area contributed by atoms with Gasteiger partial charge in [-0.15, -0.1) is 0 Å². The van der Waals surface area contributed by atoms with Crippen LogP contribution >= 0.6 is 0 Å². The summed E-state index contributed by atoms with van der Waals surface area (Å²) in [6.45, 7) is 0. The fourth-order valence-corrected chi connectivity index (χ4v) is 10.5. The molecule has 2 heteroatoms. The molecule has 0 aliphatic rings. The van der Waals surface area contributed by atoms with Crippen LogP contribution in [0.1, 0.15) is 0 Å². The summed E-state index contributed by atoms with van der Waals surface area (Å²) < 4.78 is 2.45. The summed E-state index contributed by atoms with van der Waals surface area (Å²) in [5, 5.41) is 9.97. The number of anilines is 3. The number of rotatable bonds is 8.